The van der Waals surface area contributed by atoms with Crippen LogP contribution in [0.4, 0.5) is 0 Å². The molecule has 2 aromatic carbocycles. The van der Waals surface area contributed by atoms with Crippen molar-refractivity contribution in [2.24, 2.45) is 0 Å². The van der Waals surface area contributed by atoms with E-state index in [1.54, 1.807) is 42.5 Å². The van der Waals surface area contributed by atoms with Gasteiger partial charge < -0.3 is 4.98 Å². The molecule has 29 heavy (non-hydrogen) atoms. The fraction of sp³-hybridized carbons (Fsp3) is 0.263. The molecule has 1 saturated heterocycles. The summed E-state index contributed by atoms with van der Waals surface area (Å²) in [6.45, 7) is 2.31. The molecular weight excluding hydrogens is 480 g/mol. The largest absolute Gasteiger partial charge is 0.309 e. The molecule has 0 spiro atoms. The molecule has 10 heteroatoms. The Hall–Kier alpha value is -1.78. The molecule has 1 aliphatic heterocycles. The van der Waals surface area contributed by atoms with Gasteiger partial charge in [-0.2, -0.15) is 4.31 Å². The van der Waals surface area contributed by atoms with Gasteiger partial charge in [-0.25, -0.2) is 13.4 Å². The Labute approximate surface area is 181 Å². The Kier molecular flexibility index (Phi) is 5.76. The molecule has 0 saturated carbocycles. The van der Waals surface area contributed by atoms with E-state index in [9.17, 15) is 13.2 Å². The summed E-state index contributed by atoms with van der Waals surface area (Å²) in [6, 6.07) is 11.7. The lowest BCUT2D eigenvalue weighted by atomic mass is 10.2. The molecule has 1 aliphatic rings. The highest BCUT2D eigenvalue weighted by molar-refractivity contribution is 9.10. The van der Waals surface area contributed by atoms with Gasteiger partial charge in [-0.3, -0.25) is 9.69 Å². The molecule has 1 aromatic heterocycles. The van der Waals surface area contributed by atoms with Crippen molar-refractivity contribution in [3.05, 3.63) is 68.1 Å². The summed E-state index contributed by atoms with van der Waals surface area (Å²) in [4.78, 5) is 22.0. The molecule has 1 N–H and O–H groups in total. The number of fused-ring (bicyclic) bond motifs is 1. The number of sulfonamides is 1. The predicted octanol–water partition coefficient (Wildman–Crippen LogP) is 2.85. The standard InChI is InChI=1S/C19H18BrClN4O3S/c20-13-1-4-15(5-2-13)29(27,28)25-9-7-24(8-10-25)12-18-22-17-6-3-14(21)11-16(17)19(26)23-18/h1-6,11H,7-10,12H2,(H,22,23,26). The molecule has 3 aromatic rings. The normalized spacial score (nSPS) is 16.3. The fourth-order valence-electron chi connectivity index (χ4n) is 3.33. The summed E-state index contributed by atoms with van der Waals surface area (Å²) in [5.74, 6) is 0.550. The van der Waals surface area contributed by atoms with Gasteiger partial charge in [0.15, 0.2) is 0 Å². The highest BCUT2D eigenvalue weighted by Gasteiger charge is 2.28. The zero-order chi connectivity index (χ0) is 20.6. The van der Waals surface area contributed by atoms with Crippen molar-refractivity contribution in [3.63, 3.8) is 0 Å². The second-order valence-corrected chi connectivity index (χ2v) is 10.1. The van der Waals surface area contributed by atoms with E-state index in [0.717, 1.165) is 4.47 Å². The monoisotopic (exact) mass is 496 g/mol. The van der Waals surface area contributed by atoms with E-state index in [0.29, 0.717) is 54.5 Å². The third-order valence-corrected chi connectivity index (χ3v) is 7.55. The van der Waals surface area contributed by atoms with E-state index in [2.05, 4.69) is 30.8 Å². The summed E-state index contributed by atoms with van der Waals surface area (Å²) in [5, 5.41) is 0.937. The Morgan fingerprint density at radius 1 is 1.07 bits per heavy atom. The van der Waals surface area contributed by atoms with E-state index in [-0.39, 0.29) is 10.5 Å². The van der Waals surface area contributed by atoms with Crippen LogP contribution in [0.25, 0.3) is 10.9 Å². The van der Waals surface area contributed by atoms with Crippen LogP contribution in [0.15, 0.2) is 56.6 Å². The van der Waals surface area contributed by atoms with Gasteiger partial charge in [0, 0.05) is 35.7 Å². The van der Waals surface area contributed by atoms with Crippen molar-refractivity contribution in [2.75, 3.05) is 26.2 Å². The second-order valence-electron chi connectivity index (χ2n) is 6.81. The zero-order valence-corrected chi connectivity index (χ0v) is 18.5. The van der Waals surface area contributed by atoms with Crippen LogP contribution in [-0.2, 0) is 16.6 Å². The van der Waals surface area contributed by atoms with Gasteiger partial charge in [0.25, 0.3) is 5.56 Å². The molecule has 152 valence electrons. The van der Waals surface area contributed by atoms with E-state index < -0.39 is 10.0 Å². The van der Waals surface area contributed by atoms with Crippen LogP contribution in [0.2, 0.25) is 5.02 Å². The molecule has 0 bridgehead atoms. The van der Waals surface area contributed by atoms with E-state index in [1.807, 2.05) is 0 Å². The topological polar surface area (TPSA) is 86.4 Å². The lowest BCUT2D eigenvalue weighted by molar-refractivity contribution is 0.178. The third kappa shape index (κ3) is 4.39. The molecule has 0 aliphatic carbocycles. The SMILES string of the molecule is O=c1[nH]c(CN2CCN(S(=O)(=O)c3ccc(Br)cc3)CC2)nc2ccc(Cl)cc12. The first-order valence-corrected chi connectivity index (χ1v) is 11.6. The summed E-state index contributed by atoms with van der Waals surface area (Å²) in [6.07, 6.45) is 0. The van der Waals surface area contributed by atoms with Crippen LogP contribution in [0.1, 0.15) is 5.82 Å². The third-order valence-electron chi connectivity index (χ3n) is 4.87. The summed E-state index contributed by atoms with van der Waals surface area (Å²) in [7, 11) is -3.51. The van der Waals surface area contributed by atoms with Crippen LogP contribution in [0.3, 0.4) is 0 Å². The number of nitrogens with one attached hydrogen (secondary N) is 1. The highest BCUT2D eigenvalue weighted by Crippen LogP contribution is 2.21. The number of hydrogen-bond acceptors (Lipinski definition) is 5. The van der Waals surface area contributed by atoms with Gasteiger partial charge in [0.2, 0.25) is 10.0 Å². The Morgan fingerprint density at radius 3 is 2.45 bits per heavy atom. The van der Waals surface area contributed by atoms with Gasteiger partial charge in [-0.1, -0.05) is 27.5 Å². The maximum Gasteiger partial charge on any atom is 0.258 e. The molecule has 0 amide bonds. The minimum absolute atomic E-state index is 0.232. The summed E-state index contributed by atoms with van der Waals surface area (Å²) in [5.41, 5.74) is 0.355. The number of aromatic amines is 1. The van der Waals surface area contributed by atoms with Gasteiger partial charge in [-0.05, 0) is 42.5 Å². The molecule has 1 fully saturated rings. The smallest absolute Gasteiger partial charge is 0.258 e. The van der Waals surface area contributed by atoms with Crippen molar-refractivity contribution in [1.82, 2.24) is 19.2 Å². The van der Waals surface area contributed by atoms with Gasteiger partial charge in [-0.15, -0.1) is 0 Å². The predicted molar refractivity (Wildman–Crippen MR) is 116 cm³/mol. The first kappa shape index (κ1) is 20.5. The Morgan fingerprint density at radius 2 is 1.76 bits per heavy atom. The average Bonchev–Trinajstić information content (AvgIpc) is 2.69. The van der Waals surface area contributed by atoms with E-state index >= 15 is 0 Å². The summed E-state index contributed by atoms with van der Waals surface area (Å²) < 4.78 is 27.9. The zero-order valence-electron chi connectivity index (χ0n) is 15.3. The average molecular weight is 498 g/mol. The van der Waals surface area contributed by atoms with Crippen LogP contribution in [0, 0.1) is 0 Å². The first-order valence-electron chi connectivity index (χ1n) is 8.99. The van der Waals surface area contributed by atoms with Crippen LogP contribution >= 0.6 is 27.5 Å². The molecule has 4 rings (SSSR count). The van der Waals surface area contributed by atoms with Crippen molar-refractivity contribution < 1.29 is 8.42 Å². The van der Waals surface area contributed by atoms with Crippen molar-refractivity contribution in [1.29, 1.82) is 0 Å². The lowest BCUT2D eigenvalue weighted by Gasteiger charge is -2.33. The first-order chi connectivity index (χ1) is 13.8. The van der Waals surface area contributed by atoms with Crippen LogP contribution < -0.4 is 5.56 Å². The molecule has 0 atom stereocenters. The van der Waals surface area contributed by atoms with Crippen molar-refractivity contribution in [3.8, 4) is 0 Å². The lowest BCUT2D eigenvalue weighted by Crippen LogP contribution is -2.48. The van der Waals surface area contributed by atoms with E-state index in [1.165, 1.54) is 4.31 Å². The quantitative estimate of drug-likeness (QED) is 0.599. The fourth-order valence-corrected chi connectivity index (χ4v) is 5.19. The second kappa shape index (κ2) is 8.16. The minimum atomic E-state index is -3.51. The Balaban J connectivity index is 1.45. The number of nitrogens with zero attached hydrogens (tertiary/aromatic N) is 3. The number of benzene rings is 2. The maximum atomic E-state index is 12.8. The van der Waals surface area contributed by atoms with Crippen molar-refractivity contribution >= 4 is 48.5 Å². The van der Waals surface area contributed by atoms with E-state index in [4.69, 9.17) is 11.6 Å². The van der Waals surface area contributed by atoms with Gasteiger partial charge in [0.1, 0.15) is 5.82 Å². The Bertz CT molecular complexity index is 1210. The number of halogens is 2. The molecular formula is C19H18BrClN4O3S. The maximum absolute atomic E-state index is 12.8. The number of aromatic nitrogens is 2. The number of hydrogen-bond donors (Lipinski definition) is 1. The molecule has 7 nitrogen and oxygen atoms in total. The molecule has 0 radical (unpaired) electrons. The highest BCUT2D eigenvalue weighted by atomic mass is 79.9. The van der Waals surface area contributed by atoms with Gasteiger partial charge >= 0.3 is 0 Å². The minimum Gasteiger partial charge on any atom is -0.309 e. The number of rotatable bonds is 4. The molecule has 0 unspecified atom stereocenters. The van der Waals surface area contributed by atoms with Crippen LogP contribution in [-0.4, -0.2) is 53.8 Å². The number of piperazine rings is 1. The van der Waals surface area contributed by atoms with Gasteiger partial charge in [0.05, 0.1) is 22.3 Å². The summed E-state index contributed by atoms with van der Waals surface area (Å²) >= 11 is 9.26. The number of H-pyrrole nitrogens is 1. The van der Waals surface area contributed by atoms with Crippen molar-refractivity contribution in [2.45, 2.75) is 11.4 Å². The van der Waals surface area contributed by atoms with Crippen LogP contribution in [0.5, 0.6) is 0 Å². The molecule has 2 heterocycles.